The van der Waals surface area contributed by atoms with Gasteiger partial charge in [-0.25, -0.2) is 0 Å². The molecule has 3 nitrogen and oxygen atoms in total. The predicted octanol–water partition coefficient (Wildman–Crippen LogP) is 3.54. The van der Waals surface area contributed by atoms with E-state index in [-0.39, 0.29) is 11.7 Å². The predicted molar refractivity (Wildman–Crippen MR) is 81.4 cm³/mol. The van der Waals surface area contributed by atoms with E-state index in [1.165, 1.54) is 11.6 Å². The fourth-order valence-electron chi connectivity index (χ4n) is 2.14. The molecule has 2 aromatic carbocycles. The monoisotopic (exact) mass is 269 g/mol. The van der Waals surface area contributed by atoms with E-state index in [2.05, 4.69) is 6.92 Å². The Hall–Kier alpha value is -2.29. The third kappa shape index (κ3) is 2.82. The van der Waals surface area contributed by atoms with Crippen molar-refractivity contribution in [1.29, 1.82) is 0 Å². The van der Waals surface area contributed by atoms with Crippen LogP contribution in [0.15, 0.2) is 42.5 Å². The lowest BCUT2D eigenvalue weighted by molar-refractivity contribution is 0.0992. The highest BCUT2D eigenvalue weighted by atomic mass is 16.3. The summed E-state index contributed by atoms with van der Waals surface area (Å²) in [6.45, 7) is 3.92. The first kappa shape index (κ1) is 14.1. The van der Waals surface area contributed by atoms with Gasteiger partial charge in [-0.3, -0.25) is 4.79 Å². The molecule has 0 aliphatic carbocycles. The van der Waals surface area contributed by atoms with E-state index in [0.29, 0.717) is 5.56 Å². The summed E-state index contributed by atoms with van der Waals surface area (Å²) in [5, 5.41) is 9.41. The van der Waals surface area contributed by atoms with Gasteiger partial charge in [0.05, 0.1) is 0 Å². The highest BCUT2D eigenvalue weighted by Crippen LogP contribution is 2.21. The van der Waals surface area contributed by atoms with Gasteiger partial charge in [0.2, 0.25) is 0 Å². The van der Waals surface area contributed by atoms with E-state index >= 15 is 0 Å². The molecule has 0 bridgehead atoms. The third-order valence-corrected chi connectivity index (χ3v) is 3.48. The zero-order chi connectivity index (χ0) is 14.7. The van der Waals surface area contributed by atoms with Gasteiger partial charge in [-0.15, -0.1) is 0 Å². The maximum atomic E-state index is 12.5. The van der Waals surface area contributed by atoms with Crippen LogP contribution in [0.5, 0.6) is 5.75 Å². The molecular formula is C17H19NO2. The van der Waals surface area contributed by atoms with Crippen molar-refractivity contribution in [2.45, 2.75) is 20.3 Å². The molecule has 0 aliphatic rings. The maximum Gasteiger partial charge on any atom is 0.258 e. The fraction of sp³-hybridized carbons (Fsp3) is 0.235. The van der Waals surface area contributed by atoms with Crippen molar-refractivity contribution >= 4 is 11.6 Å². The minimum absolute atomic E-state index is 0.0771. The quantitative estimate of drug-likeness (QED) is 0.925. The summed E-state index contributed by atoms with van der Waals surface area (Å²) in [4.78, 5) is 14.1. The number of aryl methyl sites for hydroxylation is 2. The lowest BCUT2D eigenvalue weighted by Gasteiger charge is -2.19. The Balaban J connectivity index is 2.27. The number of phenols is 1. The van der Waals surface area contributed by atoms with E-state index in [1.54, 1.807) is 24.1 Å². The standard InChI is InChI=1S/C17H19NO2/c1-4-13-5-7-14(8-6-13)18(3)17(20)16-10-9-15(19)11-12(16)2/h5-11,19H,4H2,1-3H3. The molecule has 0 saturated heterocycles. The number of benzene rings is 2. The van der Waals surface area contributed by atoms with Crippen LogP contribution >= 0.6 is 0 Å². The average molecular weight is 269 g/mol. The number of aromatic hydroxyl groups is 1. The van der Waals surface area contributed by atoms with Crippen molar-refractivity contribution in [3.05, 3.63) is 59.2 Å². The van der Waals surface area contributed by atoms with Gasteiger partial charge in [-0.05, 0) is 54.8 Å². The Morgan fingerprint density at radius 2 is 1.80 bits per heavy atom. The Morgan fingerprint density at radius 1 is 1.15 bits per heavy atom. The van der Waals surface area contributed by atoms with Gasteiger partial charge in [0, 0.05) is 18.3 Å². The number of nitrogens with zero attached hydrogens (tertiary/aromatic N) is 1. The van der Waals surface area contributed by atoms with Crippen LogP contribution in [-0.2, 0) is 6.42 Å². The number of anilines is 1. The number of carbonyl (C=O) groups excluding carboxylic acids is 1. The minimum Gasteiger partial charge on any atom is -0.508 e. The topological polar surface area (TPSA) is 40.5 Å². The molecule has 0 unspecified atom stereocenters. The average Bonchev–Trinajstić information content (AvgIpc) is 2.46. The Kier molecular flexibility index (Phi) is 4.08. The summed E-state index contributed by atoms with van der Waals surface area (Å²) in [6.07, 6.45) is 0.981. The largest absolute Gasteiger partial charge is 0.508 e. The van der Waals surface area contributed by atoms with Crippen molar-refractivity contribution < 1.29 is 9.90 Å². The van der Waals surface area contributed by atoms with Crippen LogP contribution in [0, 0.1) is 6.92 Å². The Labute approximate surface area is 119 Å². The molecule has 1 N–H and O–H groups in total. The molecule has 0 heterocycles. The number of carbonyl (C=O) groups is 1. The van der Waals surface area contributed by atoms with Crippen LogP contribution in [0.4, 0.5) is 5.69 Å². The summed E-state index contributed by atoms with van der Waals surface area (Å²) in [5.74, 6) is 0.0979. The summed E-state index contributed by atoms with van der Waals surface area (Å²) in [5.41, 5.74) is 3.48. The molecule has 104 valence electrons. The Morgan fingerprint density at radius 3 is 2.35 bits per heavy atom. The van der Waals surface area contributed by atoms with Gasteiger partial charge in [0.1, 0.15) is 5.75 Å². The Bertz CT molecular complexity index is 617. The van der Waals surface area contributed by atoms with Crippen LogP contribution in [0.25, 0.3) is 0 Å². The second-order valence-electron chi connectivity index (χ2n) is 4.88. The van der Waals surface area contributed by atoms with Crippen LogP contribution in [-0.4, -0.2) is 18.1 Å². The van der Waals surface area contributed by atoms with Gasteiger partial charge >= 0.3 is 0 Å². The fourth-order valence-corrected chi connectivity index (χ4v) is 2.14. The lowest BCUT2D eigenvalue weighted by Crippen LogP contribution is -2.26. The van der Waals surface area contributed by atoms with E-state index in [1.807, 2.05) is 31.2 Å². The highest BCUT2D eigenvalue weighted by Gasteiger charge is 2.15. The second kappa shape index (κ2) is 5.78. The van der Waals surface area contributed by atoms with E-state index in [4.69, 9.17) is 0 Å². The second-order valence-corrected chi connectivity index (χ2v) is 4.88. The van der Waals surface area contributed by atoms with Crippen molar-refractivity contribution in [2.24, 2.45) is 0 Å². The molecule has 20 heavy (non-hydrogen) atoms. The highest BCUT2D eigenvalue weighted by molar-refractivity contribution is 6.06. The zero-order valence-electron chi connectivity index (χ0n) is 12.1. The lowest BCUT2D eigenvalue weighted by atomic mass is 10.1. The van der Waals surface area contributed by atoms with E-state index < -0.39 is 0 Å². The molecule has 0 atom stereocenters. The number of phenolic OH excluding ortho intramolecular Hbond substituents is 1. The van der Waals surface area contributed by atoms with E-state index in [9.17, 15) is 9.90 Å². The molecule has 0 spiro atoms. The van der Waals surface area contributed by atoms with Crippen molar-refractivity contribution in [2.75, 3.05) is 11.9 Å². The van der Waals surface area contributed by atoms with Gasteiger partial charge < -0.3 is 10.0 Å². The first-order chi connectivity index (χ1) is 9.52. The molecule has 0 saturated carbocycles. The normalized spacial score (nSPS) is 10.3. The van der Waals surface area contributed by atoms with Crippen molar-refractivity contribution in [3.63, 3.8) is 0 Å². The molecule has 0 aliphatic heterocycles. The SMILES string of the molecule is CCc1ccc(N(C)C(=O)c2ccc(O)cc2C)cc1. The van der Waals surface area contributed by atoms with Gasteiger partial charge in [0.15, 0.2) is 0 Å². The summed E-state index contributed by atoms with van der Waals surface area (Å²) in [6, 6.07) is 12.8. The van der Waals surface area contributed by atoms with Crippen LogP contribution < -0.4 is 4.90 Å². The summed E-state index contributed by atoms with van der Waals surface area (Å²) >= 11 is 0. The third-order valence-electron chi connectivity index (χ3n) is 3.48. The number of hydrogen-bond acceptors (Lipinski definition) is 2. The first-order valence-corrected chi connectivity index (χ1v) is 6.69. The van der Waals surface area contributed by atoms with Crippen LogP contribution in [0.3, 0.4) is 0 Å². The minimum atomic E-state index is -0.0771. The van der Waals surface area contributed by atoms with Gasteiger partial charge in [-0.1, -0.05) is 19.1 Å². The smallest absolute Gasteiger partial charge is 0.258 e. The van der Waals surface area contributed by atoms with Crippen molar-refractivity contribution in [3.8, 4) is 5.75 Å². The number of amides is 1. The number of rotatable bonds is 3. The van der Waals surface area contributed by atoms with Crippen LogP contribution in [0.2, 0.25) is 0 Å². The zero-order valence-corrected chi connectivity index (χ0v) is 12.1. The summed E-state index contributed by atoms with van der Waals surface area (Å²) in [7, 11) is 1.76. The van der Waals surface area contributed by atoms with E-state index in [0.717, 1.165) is 17.7 Å². The number of hydrogen-bond donors (Lipinski definition) is 1. The maximum absolute atomic E-state index is 12.5. The molecule has 3 heteroatoms. The molecule has 1 amide bonds. The van der Waals surface area contributed by atoms with Gasteiger partial charge in [-0.2, -0.15) is 0 Å². The van der Waals surface area contributed by atoms with Crippen molar-refractivity contribution in [1.82, 2.24) is 0 Å². The molecule has 0 aromatic heterocycles. The van der Waals surface area contributed by atoms with Crippen LogP contribution in [0.1, 0.15) is 28.4 Å². The first-order valence-electron chi connectivity index (χ1n) is 6.69. The summed E-state index contributed by atoms with van der Waals surface area (Å²) < 4.78 is 0. The molecule has 2 aromatic rings. The molecule has 0 radical (unpaired) electrons. The molecule has 0 fully saturated rings. The van der Waals surface area contributed by atoms with Gasteiger partial charge in [0.25, 0.3) is 5.91 Å². The molecular weight excluding hydrogens is 250 g/mol. The molecule has 2 rings (SSSR count).